The van der Waals surface area contributed by atoms with Crippen molar-refractivity contribution in [3.8, 4) is 0 Å². The van der Waals surface area contributed by atoms with Crippen LogP contribution >= 0.6 is 0 Å². The summed E-state index contributed by atoms with van der Waals surface area (Å²) in [5.41, 5.74) is -0.203. The first kappa shape index (κ1) is 19.8. The van der Waals surface area contributed by atoms with Crippen molar-refractivity contribution in [2.45, 2.75) is 31.9 Å². The molecule has 1 N–H and O–H groups in total. The summed E-state index contributed by atoms with van der Waals surface area (Å²) in [6.45, 7) is 4.96. The lowest BCUT2D eigenvalue weighted by Crippen LogP contribution is -2.62. The van der Waals surface area contributed by atoms with Crippen LogP contribution in [0, 0.1) is 11.7 Å². The van der Waals surface area contributed by atoms with Crippen molar-refractivity contribution in [2.24, 2.45) is 5.92 Å². The van der Waals surface area contributed by atoms with Gasteiger partial charge in [-0.15, -0.1) is 0 Å². The molecule has 0 radical (unpaired) electrons. The van der Waals surface area contributed by atoms with Crippen LogP contribution in [0.3, 0.4) is 0 Å². The van der Waals surface area contributed by atoms with Crippen LogP contribution in [0.4, 0.5) is 4.39 Å². The lowest BCUT2D eigenvalue weighted by molar-refractivity contribution is -0.166. The van der Waals surface area contributed by atoms with Crippen LogP contribution in [0.2, 0.25) is 0 Å². The second-order valence-electron chi connectivity index (χ2n) is 7.46. The smallest absolute Gasteiger partial charge is 0.254 e. The first-order chi connectivity index (χ1) is 13.0. The van der Waals surface area contributed by atoms with Crippen molar-refractivity contribution in [1.29, 1.82) is 0 Å². The molecule has 0 aliphatic carbocycles. The topological polar surface area (TPSA) is 61.9 Å². The van der Waals surface area contributed by atoms with Crippen molar-refractivity contribution in [3.63, 3.8) is 0 Å². The molecule has 0 bridgehead atoms. The van der Waals surface area contributed by atoms with Crippen LogP contribution in [0.1, 0.15) is 25.3 Å². The number of rotatable bonds is 6. The molecule has 2 fully saturated rings. The maximum Gasteiger partial charge on any atom is 0.254 e. The van der Waals surface area contributed by atoms with Gasteiger partial charge in [0.05, 0.1) is 12.5 Å². The highest BCUT2D eigenvalue weighted by molar-refractivity contribution is 5.94. The Labute approximate surface area is 159 Å². The predicted molar refractivity (Wildman–Crippen MR) is 99.4 cm³/mol. The van der Waals surface area contributed by atoms with E-state index in [0.717, 1.165) is 18.4 Å². The van der Waals surface area contributed by atoms with Gasteiger partial charge in [0.25, 0.3) is 5.91 Å². The summed E-state index contributed by atoms with van der Waals surface area (Å²) in [7, 11) is 1.79. The number of carbonyl (C=O) groups excluding carboxylic acids is 2. The first-order valence-electron chi connectivity index (χ1n) is 9.60. The molecule has 2 aliphatic heterocycles. The molecule has 2 amide bonds. The lowest BCUT2D eigenvalue weighted by Gasteiger charge is -2.37. The second kappa shape index (κ2) is 8.35. The molecule has 2 aliphatic rings. The molecule has 6 nitrogen and oxygen atoms in total. The Kier molecular flexibility index (Phi) is 6.11. The molecular formula is C20H28FN3O3. The van der Waals surface area contributed by atoms with Gasteiger partial charge in [0.1, 0.15) is 5.82 Å². The SMILES string of the molecule is CCCCN(C)C(=O)[C@H]1CN(Cc2ccc(F)cc2)C[C@@]12OCCNC2=O. The van der Waals surface area contributed by atoms with E-state index in [1.54, 1.807) is 24.1 Å². The standard InChI is InChI=1S/C20H28FN3O3/c1-3-4-10-23(2)18(25)17-13-24(12-15-5-7-16(21)8-6-15)14-20(17)19(26)22-9-11-27-20/h5-8,17H,3-4,9-14H2,1-2H3,(H,22,26)/t17-,20-/m1/s1. The summed E-state index contributed by atoms with van der Waals surface area (Å²) in [6.07, 6.45) is 1.93. The molecule has 2 heterocycles. The zero-order valence-corrected chi connectivity index (χ0v) is 16.0. The summed E-state index contributed by atoms with van der Waals surface area (Å²) in [5.74, 6) is -1.09. The van der Waals surface area contributed by atoms with Crippen LogP contribution in [0.25, 0.3) is 0 Å². The second-order valence-corrected chi connectivity index (χ2v) is 7.46. The van der Waals surface area contributed by atoms with Gasteiger partial charge in [-0.25, -0.2) is 4.39 Å². The first-order valence-corrected chi connectivity index (χ1v) is 9.60. The Morgan fingerprint density at radius 1 is 1.41 bits per heavy atom. The maximum atomic E-state index is 13.2. The Morgan fingerprint density at radius 3 is 2.81 bits per heavy atom. The van der Waals surface area contributed by atoms with Crippen LogP contribution < -0.4 is 5.32 Å². The van der Waals surface area contributed by atoms with E-state index in [2.05, 4.69) is 12.2 Å². The van der Waals surface area contributed by atoms with Crippen molar-refractivity contribution in [3.05, 3.63) is 35.6 Å². The van der Waals surface area contributed by atoms with Gasteiger partial charge in [-0.05, 0) is 24.1 Å². The van der Waals surface area contributed by atoms with E-state index >= 15 is 0 Å². The van der Waals surface area contributed by atoms with E-state index in [9.17, 15) is 14.0 Å². The van der Waals surface area contributed by atoms with E-state index in [4.69, 9.17) is 4.74 Å². The fraction of sp³-hybridized carbons (Fsp3) is 0.600. The highest BCUT2D eigenvalue weighted by atomic mass is 19.1. The highest BCUT2D eigenvalue weighted by Crippen LogP contribution is 2.35. The maximum absolute atomic E-state index is 13.2. The summed E-state index contributed by atoms with van der Waals surface area (Å²) < 4.78 is 19.1. The minimum absolute atomic E-state index is 0.0536. The Bertz CT molecular complexity index is 682. The fourth-order valence-electron chi connectivity index (χ4n) is 3.92. The molecule has 7 heteroatoms. The third-order valence-corrected chi connectivity index (χ3v) is 5.43. The molecule has 2 saturated heterocycles. The fourth-order valence-corrected chi connectivity index (χ4v) is 3.92. The molecule has 2 atom stereocenters. The predicted octanol–water partition coefficient (Wildman–Crippen LogP) is 1.40. The average molecular weight is 377 g/mol. The molecule has 3 rings (SSSR count). The minimum Gasteiger partial charge on any atom is -0.361 e. The van der Waals surface area contributed by atoms with Gasteiger partial charge >= 0.3 is 0 Å². The molecule has 0 saturated carbocycles. The molecule has 148 valence electrons. The van der Waals surface area contributed by atoms with E-state index in [1.165, 1.54) is 12.1 Å². The third kappa shape index (κ3) is 4.14. The number of nitrogens with zero attached hydrogens (tertiary/aromatic N) is 2. The monoisotopic (exact) mass is 377 g/mol. The molecule has 0 unspecified atom stereocenters. The molecule has 1 spiro atoms. The number of morpholine rings is 1. The molecule has 1 aromatic carbocycles. The van der Waals surface area contributed by atoms with Gasteiger partial charge in [-0.2, -0.15) is 0 Å². The number of ether oxygens (including phenoxy) is 1. The van der Waals surface area contributed by atoms with Crippen molar-refractivity contribution >= 4 is 11.8 Å². The van der Waals surface area contributed by atoms with E-state index in [1.807, 2.05) is 4.90 Å². The minimum atomic E-state index is -1.14. The van der Waals surface area contributed by atoms with Gasteiger partial charge in [-0.1, -0.05) is 25.5 Å². The normalized spacial score (nSPS) is 25.6. The number of likely N-dealkylation sites (tertiary alicyclic amines) is 1. The number of halogens is 1. The largest absolute Gasteiger partial charge is 0.361 e. The number of nitrogens with one attached hydrogen (secondary N) is 1. The Morgan fingerprint density at radius 2 is 2.15 bits per heavy atom. The molecule has 0 aromatic heterocycles. The summed E-state index contributed by atoms with van der Waals surface area (Å²) in [6, 6.07) is 6.30. The van der Waals surface area contributed by atoms with E-state index < -0.39 is 11.5 Å². The van der Waals surface area contributed by atoms with Crippen molar-refractivity contribution in [2.75, 3.05) is 39.8 Å². The zero-order valence-electron chi connectivity index (χ0n) is 16.0. The van der Waals surface area contributed by atoms with Crippen LogP contribution in [0.15, 0.2) is 24.3 Å². The number of hydrogen-bond donors (Lipinski definition) is 1. The Balaban J connectivity index is 1.79. The summed E-state index contributed by atoms with van der Waals surface area (Å²) >= 11 is 0. The van der Waals surface area contributed by atoms with Crippen molar-refractivity contribution < 1.29 is 18.7 Å². The number of benzene rings is 1. The summed E-state index contributed by atoms with van der Waals surface area (Å²) in [4.78, 5) is 29.6. The van der Waals surface area contributed by atoms with Crippen LogP contribution in [-0.2, 0) is 20.9 Å². The number of amides is 2. The van der Waals surface area contributed by atoms with Crippen molar-refractivity contribution in [1.82, 2.24) is 15.1 Å². The Hall–Kier alpha value is -1.99. The van der Waals surface area contributed by atoms with Gasteiger partial charge in [0.15, 0.2) is 5.60 Å². The molecule has 1 aromatic rings. The third-order valence-electron chi connectivity index (χ3n) is 5.43. The quantitative estimate of drug-likeness (QED) is 0.814. The molecular weight excluding hydrogens is 349 g/mol. The van der Waals surface area contributed by atoms with Gasteiger partial charge in [0, 0.05) is 39.8 Å². The number of unbranched alkanes of at least 4 members (excludes halogenated alkanes) is 1. The van der Waals surface area contributed by atoms with Crippen LogP contribution in [-0.4, -0.2) is 67.0 Å². The number of hydrogen-bond acceptors (Lipinski definition) is 4. The van der Waals surface area contributed by atoms with Gasteiger partial charge in [-0.3, -0.25) is 14.5 Å². The summed E-state index contributed by atoms with van der Waals surface area (Å²) in [5, 5.41) is 2.86. The number of carbonyl (C=O) groups is 2. The van der Waals surface area contributed by atoms with E-state index in [0.29, 0.717) is 39.3 Å². The lowest BCUT2D eigenvalue weighted by atomic mass is 9.87. The molecule has 27 heavy (non-hydrogen) atoms. The van der Waals surface area contributed by atoms with E-state index in [-0.39, 0.29) is 17.6 Å². The average Bonchev–Trinajstić information content (AvgIpc) is 3.02. The van der Waals surface area contributed by atoms with Crippen LogP contribution in [0.5, 0.6) is 0 Å². The zero-order chi connectivity index (χ0) is 19.4. The van der Waals surface area contributed by atoms with Gasteiger partial charge < -0.3 is 15.0 Å². The van der Waals surface area contributed by atoms with Gasteiger partial charge in [0.2, 0.25) is 5.91 Å². The highest BCUT2D eigenvalue weighted by Gasteiger charge is 2.57.